The van der Waals surface area contributed by atoms with Crippen LogP contribution in [0.4, 0.5) is 5.69 Å². The van der Waals surface area contributed by atoms with Crippen LogP contribution in [0.25, 0.3) is 17.1 Å². The summed E-state index contributed by atoms with van der Waals surface area (Å²) >= 11 is 0. The smallest absolute Gasteiger partial charge is 0.265 e. The largest absolute Gasteiger partial charge is 0.497 e. The average molecular weight is 466 g/mol. The molecule has 0 aliphatic carbocycles. The minimum atomic E-state index is -3.99. The van der Waals surface area contributed by atoms with Crippen LogP contribution in [-0.2, 0) is 10.0 Å². The molecule has 33 heavy (non-hydrogen) atoms. The van der Waals surface area contributed by atoms with Gasteiger partial charge in [-0.15, -0.1) is 10.2 Å². The molecule has 0 spiro atoms. The molecule has 10 heteroatoms. The van der Waals surface area contributed by atoms with Crippen molar-refractivity contribution in [3.63, 3.8) is 0 Å². The van der Waals surface area contributed by atoms with Crippen molar-refractivity contribution in [1.82, 2.24) is 20.0 Å². The molecular weight excluding hydrogens is 442 g/mol. The highest BCUT2D eigenvalue weighted by molar-refractivity contribution is 7.92. The molecule has 2 heterocycles. The number of nitrogens with one attached hydrogen (secondary N) is 1. The van der Waals surface area contributed by atoms with E-state index in [1.54, 1.807) is 38.1 Å². The van der Waals surface area contributed by atoms with Gasteiger partial charge >= 0.3 is 0 Å². The van der Waals surface area contributed by atoms with Crippen LogP contribution in [0.5, 0.6) is 11.5 Å². The van der Waals surface area contributed by atoms with Crippen LogP contribution < -0.4 is 14.2 Å². The molecule has 0 atom stereocenters. The molecule has 2 aromatic carbocycles. The fourth-order valence-corrected chi connectivity index (χ4v) is 4.99. The van der Waals surface area contributed by atoms with Crippen LogP contribution in [-0.4, -0.2) is 42.6 Å². The monoisotopic (exact) mass is 465 g/mol. The molecule has 0 radical (unpaired) electrons. The lowest BCUT2D eigenvalue weighted by molar-refractivity contribution is 0.405. The molecule has 0 aliphatic rings. The summed E-state index contributed by atoms with van der Waals surface area (Å²) in [6, 6.07) is 18.1. The van der Waals surface area contributed by atoms with Crippen molar-refractivity contribution in [1.29, 1.82) is 0 Å². The molecule has 4 aromatic rings. The maximum absolute atomic E-state index is 13.3. The van der Waals surface area contributed by atoms with Crippen molar-refractivity contribution in [3.8, 4) is 28.6 Å². The first kappa shape index (κ1) is 22.3. The van der Waals surface area contributed by atoms with Crippen molar-refractivity contribution in [2.45, 2.75) is 18.7 Å². The van der Waals surface area contributed by atoms with Gasteiger partial charge in [0.15, 0.2) is 5.82 Å². The number of anilines is 1. The summed E-state index contributed by atoms with van der Waals surface area (Å²) in [6.45, 7) is 3.30. The first-order valence-corrected chi connectivity index (χ1v) is 11.5. The second kappa shape index (κ2) is 8.91. The predicted molar refractivity (Wildman–Crippen MR) is 124 cm³/mol. The zero-order valence-electron chi connectivity index (χ0n) is 18.6. The van der Waals surface area contributed by atoms with Crippen molar-refractivity contribution >= 4 is 15.7 Å². The minimum Gasteiger partial charge on any atom is -0.497 e. The third kappa shape index (κ3) is 4.37. The fraction of sp³-hybridized carbons (Fsp3) is 0.174. The number of hydrogen-bond acceptors (Lipinski definition) is 7. The molecular formula is C23H23N5O4S. The van der Waals surface area contributed by atoms with E-state index in [0.717, 1.165) is 5.56 Å². The molecule has 0 amide bonds. The first-order chi connectivity index (χ1) is 15.8. The maximum Gasteiger partial charge on any atom is 0.265 e. The standard InChI is InChI=1S/C23H23N5O4S/c1-15-23(33(29,30)27-20-14-18(31-3)10-12-21(20)32-4)16(2)28(26-15)22-13-11-19(24-25-22)17-8-6-5-7-9-17/h5-14,27H,1-4H3. The van der Waals surface area contributed by atoms with Gasteiger partial charge in [0.05, 0.1) is 37.0 Å². The summed E-state index contributed by atoms with van der Waals surface area (Å²) in [5.74, 6) is 1.27. The zero-order valence-corrected chi connectivity index (χ0v) is 19.4. The highest BCUT2D eigenvalue weighted by Gasteiger charge is 2.27. The maximum atomic E-state index is 13.3. The number of methoxy groups -OCH3 is 2. The Kier molecular flexibility index (Phi) is 6.01. The van der Waals surface area contributed by atoms with E-state index in [1.807, 2.05) is 36.4 Å². The third-order valence-corrected chi connectivity index (χ3v) is 6.70. The normalized spacial score (nSPS) is 11.3. The predicted octanol–water partition coefficient (Wildman–Crippen LogP) is 3.76. The van der Waals surface area contributed by atoms with Crippen LogP contribution in [0.2, 0.25) is 0 Å². The molecule has 9 nitrogen and oxygen atoms in total. The van der Waals surface area contributed by atoms with Crippen LogP contribution in [0.1, 0.15) is 11.4 Å². The van der Waals surface area contributed by atoms with Gasteiger partial charge in [0.25, 0.3) is 10.0 Å². The lowest BCUT2D eigenvalue weighted by atomic mass is 10.1. The summed E-state index contributed by atoms with van der Waals surface area (Å²) in [7, 11) is -1.02. The summed E-state index contributed by atoms with van der Waals surface area (Å²) in [6.07, 6.45) is 0. The lowest BCUT2D eigenvalue weighted by Crippen LogP contribution is -2.15. The van der Waals surface area contributed by atoms with Crippen molar-refractivity contribution < 1.29 is 17.9 Å². The van der Waals surface area contributed by atoms with E-state index in [0.29, 0.717) is 34.4 Å². The van der Waals surface area contributed by atoms with Crippen LogP contribution in [0.3, 0.4) is 0 Å². The molecule has 0 saturated carbocycles. The quantitative estimate of drug-likeness (QED) is 0.443. The van der Waals surface area contributed by atoms with E-state index >= 15 is 0 Å². The first-order valence-electron chi connectivity index (χ1n) is 10.0. The molecule has 4 rings (SSSR count). The van der Waals surface area contributed by atoms with Gasteiger partial charge in [-0.1, -0.05) is 30.3 Å². The van der Waals surface area contributed by atoms with Crippen LogP contribution in [0.15, 0.2) is 65.6 Å². The summed E-state index contributed by atoms with van der Waals surface area (Å²) in [5, 5.41) is 12.9. The van der Waals surface area contributed by atoms with Gasteiger partial charge in [-0.2, -0.15) is 5.10 Å². The number of benzene rings is 2. The van der Waals surface area contributed by atoms with E-state index in [2.05, 4.69) is 20.0 Å². The Balaban J connectivity index is 1.69. The van der Waals surface area contributed by atoms with Crippen molar-refractivity contribution in [2.24, 2.45) is 0 Å². The van der Waals surface area contributed by atoms with Gasteiger partial charge in [0, 0.05) is 11.6 Å². The summed E-state index contributed by atoms with van der Waals surface area (Å²) in [5.41, 5.74) is 2.64. The second-order valence-corrected chi connectivity index (χ2v) is 8.85. The van der Waals surface area contributed by atoms with Crippen LogP contribution in [0, 0.1) is 13.8 Å². The molecule has 0 aliphatic heterocycles. The Morgan fingerprint density at radius 2 is 1.67 bits per heavy atom. The number of aryl methyl sites for hydroxylation is 1. The van der Waals surface area contributed by atoms with Crippen LogP contribution >= 0.6 is 0 Å². The lowest BCUT2D eigenvalue weighted by Gasteiger charge is -2.13. The Morgan fingerprint density at radius 1 is 0.909 bits per heavy atom. The van der Waals surface area contributed by atoms with Gasteiger partial charge in [-0.05, 0) is 38.1 Å². The number of sulfonamides is 1. The van der Waals surface area contributed by atoms with E-state index < -0.39 is 10.0 Å². The number of nitrogens with zero attached hydrogens (tertiary/aromatic N) is 4. The van der Waals surface area contributed by atoms with Gasteiger partial charge < -0.3 is 9.47 Å². The molecule has 1 N–H and O–H groups in total. The summed E-state index contributed by atoms with van der Waals surface area (Å²) < 4.78 is 41.1. The highest BCUT2D eigenvalue weighted by Crippen LogP contribution is 2.32. The van der Waals surface area contributed by atoms with E-state index in [1.165, 1.54) is 18.9 Å². The molecule has 2 aromatic heterocycles. The van der Waals surface area contributed by atoms with E-state index in [9.17, 15) is 8.42 Å². The Labute approximate surface area is 192 Å². The molecule has 0 bridgehead atoms. The molecule has 170 valence electrons. The minimum absolute atomic E-state index is 0.0568. The zero-order chi connectivity index (χ0) is 23.6. The Bertz CT molecular complexity index is 1380. The Hall–Kier alpha value is -3.92. The van der Waals surface area contributed by atoms with Gasteiger partial charge in [-0.3, -0.25) is 4.72 Å². The number of rotatable bonds is 7. The van der Waals surface area contributed by atoms with Gasteiger partial charge in [0.2, 0.25) is 0 Å². The molecule has 0 saturated heterocycles. The highest BCUT2D eigenvalue weighted by atomic mass is 32.2. The molecule has 0 fully saturated rings. The van der Waals surface area contributed by atoms with Gasteiger partial charge in [-0.25, -0.2) is 13.1 Å². The fourth-order valence-electron chi connectivity index (χ4n) is 3.53. The third-order valence-electron chi connectivity index (χ3n) is 5.08. The van der Waals surface area contributed by atoms with E-state index in [-0.39, 0.29) is 10.6 Å². The van der Waals surface area contributed by atoms with Crippen molar-refractivity contribution in [2.75, 3.05) is 18.9 Å². The molecule has 0 unspecified atom stereocenters. The van der Waals surface area contributed by atoms with Gasteiger partial charge in [0.1, 0.15) is 16.4 Å². The average Bonchev–Trinajstić information content (AvgIpc) is 3.14. The number of hydrogen-bond donors (Lipinski definition) is 1. The van der Waals surface area contributed by atoms with Crippen molar-refractivity contribution in [3.05, 3.63) is 72.1 Å². The topological polar surface area (TPSA) is 108 Å². The Morgan fingerprint density at radius 3 is 2.30 bits per heavy atom. The SMILES string of the molecule is COc1ccc(OC)c(NS(=O)(=O)c2c(C)nn(-c3ccc(-c4ccccc4)nn3)c2C)c1. The number of aromatic nitrogens is 4. The second-order valence-electron chi connectivity index (χ2n) is 7.23. The van der Waals surface area contributed by atoms with E-state index in [4.69, 9.17) is 9.47 Å². The summed E-state index contributed by atoms with van der Waals surface area (Å²) in [4.78, 5) is 0.0568. The number of ether oxygens (including phenoxy) is 2.